The molecule has 0 fully saturated rings. The maximum atomic E-state index is 12.3. The molecule has 1 heterocycles. The predicted octanol–water partition coefficient (Wildman–Crippen LogP) is 3.77. The summed E-state index contributed by atoms with van der Waals surface area (Å²) in [5.74, 6) is -0.805. The van der Waals surface area contributed by atoms with Crippen LogP contribution in [0.1, 0.15) is 27.8 Å². The summed E-state index contributed by atoms with van der Waals surface area (Å²) in [5, 5.41) is 6.59. The number of anilines is 1. The maximum absolute atomic E-state index is 12.3. The second-order valence-electron chi connectivity index (χ2n) is 5.20. The second-order valence-corrected chi connectivity index (χ2v) is 5.20. The van der Waals surface area contributed by atoms with Crippen molar-refractivity contribution in [1.82, 2.24) is 5.16 Å². The van der Waals surface area contributed by atoms with E-state index in [0.29, 0.717) is 16.9 Å². The van der Waals surface area contributed by atoms with Crippen LogP contribution in [0.25, 0.3) is 11.3 Å². The molecule has 1 N–H and O–H groups in total. The monoisotopic (exact) mass is 336 g/mol. The third-order valence-corrected chi connectivity index (χ3v) is 3.44. The Balaban J connectivity index is 1.74. The Labute approximate surface area is 144 Å². The lowest BCUT2D eigenvalue weighted by atomic mass is 10.1. The van der Waals surface area contributed by atoms with Gasteiger partial charge in [0, 0.05) is 17.3 Å². The van der Waals surface area contributed by atoms with E-state index in [9.17, 15) is 9.59 Å². The molecule has 0 aliphatic heterocycles. The van der Waals surface area contributed by atoms with Gasteiger partial charge in [0.2, 0.25) is 5.76 Å². The quantitative estimate of drug-likeness (QED) is 0.717. The minimum absolute atomic E-state index is 0.0837. The van der Waals surface area contributed by atoms with E-state index in [0.717, 1.165) is 5.56 Å². The lowest BCUT2D eigenvalue weighted by Crippen LogP contribution is -2.12. The van der Waals surface area contributed by atoms with Crippen molar-refractivity contribution in [3.63, 3.8) is 0 Å². The summed E-state index contributed by atoms with van der Waals surface area (Å²) >= 11 is 0. The molecule has 0 radical (unpaired) electrons. The van der Waals surface area contributed by atoms with Gasteiger partial charge in [0.15, 0.2) is 0 Å². The third kappa shape index (κ3) is 3.92. The second kappa shape index (κ2) is 7.44. The smallest absolute Gasteiger partial charge is 0.338 e. The average molecular weight is 336 g/mol. The fraction of sp³-hybridized carbons (Fsp3) is 0.105. The van der Waals surface area contributed by atoms with Gasteiger partial charge in [-0.15, -0.1) is 0 Å². The first kappa shape index (κ1) is 16.4. The first-order valence-electron chi connectivity index (χ1n) is 7.78. The molecule has 1 amide bonds. The molecule has 2 aromatic carbocycles. The number of carbonyl (C=O) groups is 2. The molecule has 25 heavy (non-hydrogen) atoms. The van der Waals surface area contributed by atoms with Crippen LogP contribution < -0.4 is 5.32 Å². The van der Waals surface area contributed by atoms with E-state index in [1.165, 1.54) is 0 Å². The van der Waals surface area contributed by atoms with Crippen molar-refractivity contribution in [1.29, 1.82) is 0 Å². The van der Waals surface area contributed by atoms with E-state index in [2.05, 4.69) is 10.5 Å². The largest absolute Gasteiger partial charge is 0.462 e. The van der Waals surface area contributed by atoms with Gasteiger partial charge in [0.25, 0.3) is 5.91 Å². The van der Waals surface area contributed by atoms with Crippen LogP contribution in [0.2, 0.25) is 0 Å². The lowest BCUT2D eigenvalue weighted by molar-refractivity contribution is 0.0526. The number of nitrogens with one attached hydrogen (secondary N) is 1. The summed E-state index contributed by atoms with van der Waals surface area (Å²) in [6.45, 7) is 2.02. The van der Waals surface area contributed by atoms with Crippen molar-refractivity contribution in [2.24, 2.45) is 0 Å². The molecule has 0 aliphatic carbocycles. The number of aromatic nitrogens is 1. The number of amides is 1. The van der Waals surface area contributed by atoms with Crippen LogP contribution in [0.5, 0.6) is 0 Å². The Bertz CT molecular complexity index is 887. The van der Waals surface area contributed by atoms with Gasteiger partial charge < -0.3 is 14.6 Å². The highest BCUT2D eigenvalue weighted by Crippen LogP contribution is 2.19. The minimum Gasteiger partial charge on any atom is -0.462 e. The SMILES string of the molecule is CCOC(=O)c1cccc(NC(=O)c2cc(-c3ccccc3)no2)c1. The molecular formula is C19H16N2O4. The first-order chi connectivity index (χ1) is 12.2. The van der Waals surface area contributed by atoms with Crippen LogP contribution in [0.15, 0.2) is 65.2 Å². The highest BCUT2D eigenvalue weighted by atomic mass is 16.5. The summed E-state index contributed by atoms with van der Waals surface area (Å²) in [7, 11) is 0. The molecule has 0 unspecified atom stereocenters. The fourth-order valence-electron chi connectivity index (χ4n) is 2.26. The molecule has 6 nitrogen and oxygen atoms in total. The molecule has 0 atom stereocenters. The molecule has 0 bridgehead atoms. The standard InChI is InChI=1S/C19H16N2O4/c1-2-24-19(23)14-9-6-10-15(11-14)20-18(22)17-12-16(21-25-17)13-7-4-3-5-8-13/h3-12H,2H2,1H3,(H,20,22). The molecule has 3 aromatic rings. The van der Waals surface area contributed by atoms with Gasteiger partial charge in [-0.05, 0) is 25.1 Å². The van der Waals surface area contributed by atoms with Crippen LogP contribution in [-0.4, -0.2) is 23.6 Å². The Morgan fingerprint density at radius 3 is 2.64 bits per heavy atom. The molecular weight excluding hydrogens is 320 g/mol. The van der Waals surface area contributed by atoms with Crippen LogP contribution in [0.3, 0.4) is 0 Å². The minimum atomic E-state index is -0.448. The van der Waals surface area contributed by atoms with Gasteiger partial charge in [-0.25, -0.2) is 4.79 Å². The third-order valence-electron chi connectivity index (χ3n) is 3.44. The highest BCUT2D eigenvalue weighted by molar-refractivity contribution is 6.03. The van der Waals surface area contributed by atoms with Crippen molar-refractivity contribution in [2.75, 3.05) is 11.9 Å². The Kier molecular flexibility index (Phi) is 4.89. The van der Waals surface area contributed by atoms with E-state index in [1.807, 2.05) is 30.3 Å². The zero-order valence-corrected chi connectivity index (χ0v) is 13.6. The van der Waals surface area contributed by atoms with Gasteiger partial charge in [-0.1, -0.05) is 41.6 Å². The van der Waals surface area contributed by atoms with Gasteiger partial charge in [0.1, 0.15) is 5.69 Å². The van der Waals surface area contributed by atoms with E-state index in [1.54, 1.807) is 37.3 Å². The highest BCUT2D eigenvalue weighted by Gasteiger charge is 2.15. The van der Waals surface area contributed by atoms with Crippen LogP contribution in [0.4, 0.5) is 5.69 Å². The van der Waals surface area contributed by atoms with Crippen molar-refractivity contribution in [3.05, 3.63) is 72.0 Å². The molecule has 0 saturated carbocycles. The average Bonchev–Trinajstić information content (AvgIpc) is 3.13. The summed E-state index contributed by atoms with van der Waals surface area (Å²) in [5.41, 5.74) is 2.26. The van der Waals surface area contributed by atoms with E-state index >= 15 is 0 Å². The summed E-state index contributed by atoms with van der Waals surface area (Å²) < 4.78 is 10.1. The molecule has 0 saturated heterocycles. The number of hydrogen-bond donors (Lipinski definition) is 1. The first-order valence-corrected chi connectivity index (χ1v) is 7.78. The normalized spacial score (nSPS) is 10.3. The molecule has 0 spiro atoms. The fourth-order valence-corrected chi connectivity index (χ4v) is 2.26. The predicted molar refractivity (Wildman–Crippen MR) is 92.3 cm³/mol. The van der Waals surface area contributed by atoms with Gasteiger partial charge in [0.05, 0.1) is 12.2 Å². The summed E-state index contributed by atoms with van der Waals surface area (Å²) in [6, 6.07) is 17.5. The van der Waals surface area contributed by atoms with Crippen molar-refractivity contribution >= 4 is 17.6 Å². The van der Waals surface area contributed by atoms with Gasteiger partial charge in [-0.2, -0.15) is 0 Å². The van der Waals surface area contributed by atoms with E-state index < -0.39 is 11.9 Å². The number of nitrogens with zero attached hydrogens (tertiary/aromatic N) is 1. The molecule has 6 heteroatoms. The number of benzene rings is 2. The number of hydrogen-bond acceptors (Lipinski definition) is 5. The van der Waals surface area contributed by atoms with Gasteiger partial charge >= 0.3 is 5.97 Å². The number of ether oxygens (including phenoxy) is 1. The molecule has 3 rings (SSSR count). The maximum Gasteiger partial charge on any atom is 0.338 e. The van der Waals surface area contributed by atoms with E-state index in [4.69, 9.17) is 9.26 Å². The Morgan fingerprint density at radius 2 is 1.88 bits per heavy atom. The zero-order valence-electron chi connectivity index (χ0n) is 13.6. The molecule has 126 valence electrons. The topological polar surface area (TPSA) is 81.4 Å². The number of esters is 1. The van der Waals surface area contributed by atoms with E-state index in [-0.39, 0.29) is 12.4 Å². The lowest BCUT2D eigenvalue weighted by Gasteiger charge is -2.05. The van der Waals surface area contributed by atoms with Crippen molar-refractivity contribution < 1.29 is 18.8 Å². The number of rotatable bonds is 5. The zero-order chi connectivity index (χ0) is 17.6. The van der Waals surface area contributed by atoms with Crippen molar-refractivity contribution in [3.8, 4) is 11.3 Å². The summed E-state index contributed by atoms with van der Waals surface area (Å²) in [4.78, 5) is 24.1. The Hall–Kier alpha value is -3.41. The van der Waals surface area contributed by atoms with Gasteiger partial charge in [-0.3, -0.25) is 4.79 Å². The van der Waals surface area contributed by atoms with Crippen molar-refractivity contribution in [2.45, 2.75) is 6.92 Å². The Morgan fingerprint density at radius 1 is 1.08 bits per heavy atom. The van der Waals surface area contributed by atoms with Crippen LogP contribution in [0, 0.1) is 0 Å². The number of carbonyl (C=O) groups excluding carboxylic acids is 2. The van der Waals surface area contributed by atoms with Crippen LogP contribution >= 0.6 is 0 Å². The molecule has 0 aliphatic rings. The molecule has 1 aromatic heterocycles. The van der Waals surface area contributed by atoms with Crippen LogP contribution in [-0.2, 0) is 4.74 Å². The summed E-state index contributed by atoms with van der Waals surface area (Å²) in [6.07, 6.45) is 0.